The van der Waals surface area contributed by atoms with Crippen LogP contribution in [0.25, 0.3) is 5.69 Å². The summed E-state index contributed by atoms with van der Waals surface area (Å²) in [5.41, 5.74) is 1.61. The molecule has 0 aliphatic carbocycles. The Morgan fingerprint density at radius 2 is 2.04 bits per heavy atom. The lowest BCUT2D eigenvalue weighted by Crippen LogP contribution is -2.23. The smallest absolute Gasteiger partial charge is 0.276 e. The van der Waals surface area contributed by atoms with E-state index in [4.69, 9.17) is 4.74 Å². The molecular formula is C18H16N4O4S. The van der Waals surface area contributed by atoms with Crippen LogP contribution in [0.3, 0.4) is 0 Å². The van der Waals surface area contributed by atoms with E-state index in [0.717, 1.165) is 0 Å². The second-order valence-electron chi connectivity index (χ2n) is 5.89. The van der Waals surface area contributed by atoms with Gasteiger partial charge in [-0.2, -0.15) is 0 Å². The Bertz CT molecular complexity index is 1140. The number of rotatable bonds is 3. The molecule has 9 heteroatoms. The van der Waals surface area contributed by atoms with E-state index in [1.165, 1.54) is 12.4 Å². The van der Waals surface area contributed by atoms with Crippen molar-refractivity contribution in [2.24, 2.45) is 0 Å². The number of benzene rings is 2. The summed E-state index contributed by atoms with van der Waals surface area (Å²) in [5, 5.41) is 2.76. The predicted molar refractivity (Wildman–Crippen MR) is 98.5 cm³/mol. The number of hydrogen-bond donors (Lipinski definition) is 2. The van der Waals surface area contributed by atoms with Crippen LogP contribution in [0.5, 0.6) is 5.75 Å². The summed E-state index contributed by atoms with van der Waals surface area (Å²) >= 11 is 0. The number of amides is 1. The first-order chi connectivity index (χ1) is 13.0. The molecule has 4 rings (SSSR count). The highest BCUT2D eigenvalue weighted by atomic mass is 32.2. The Hall–Kier alpha value is -3.17. The lowest BCUT2D eigenvalue weighted by atomic mass is 10.2. The van der Waals surface area contributed by atoms with Crippen molar-refractivity contribution in [3.05, 3.63) is 66.2 Å². The van der Waals surface area contributed by atoms with Crippen molar-refractivity contribution in [1.82, 2.24) is 14.3 Å². The van der Waals surface area contributed by atoms with E-state index in [1.807, 2.05) is 0 Å². The fourth-order valence-corrected chi connectivity index (χ4v) is 4.14. The molecule has 1 aromatic heterocycles. The monoisotopic (exact) mass is 384 g/mol. The van der Waals surface area contributed by atoms with Gasteiger partial charge in [-0.15, -0.1) is 0 Å². The molecule has 1 aliphatic rings. The van der Waals surface area contributed by atoms with E-state index in [9.17, 15) is 13.2 Å². The molecule has 0 radical (unpaired) electrons. The zero-order chi connectivity index (χ0) is 19.0. The first-order valence-electron chi connectivity index (χ1n) is 8.10. The number of sulfonamides is 1. The Morgan fingerprint density at radius 3 is 2.85 bits per heavy atom. The molecule has 2 heterocycles. The number of para-hydroxylation sites is 1. The van der Waals surface area contributed by atoms with Gasteiger partial charge in [0.15, 0.2) is 5.69 Å². The van der Waals surface area contributed by atoms with Gasteiger partial charge in [0.25, 0.3) is 5.91 Å². The number of carbonyl (C=O) groups is 1. The minimum absolute atomic E-state index is 0.0438. The van der Waals surface area contributed by atoms with Crippen molar-refractivity contribution < 1.29 is 17.9 Å². The number of carbonyl (C=O) groups excluding carboxylic acids is 1. The molecule has 0 saturated carbocycles. The normalized spacial score (nSPS) is 14.6. The van der Waals surface area contributed by atoms with Crippen LogP contribution in [0.4, 0.5) is 5.69 Å². The number of ether oxygens (including phenoxy) is 1. The van der Waals surface area contributed by atoms with Crippen molar-refractivity contribution in [3.8, 4) is 11.4 Å². The highest BCUT2D eigenvalue weighted by molar-refractivity contribution is 7.89. The number of anilines is 1. The Labute approximate surface area is 155 Å². The Kier molecular flexibility index (Phi) is 4.17. The van der Waals surface area contributed by atoms with Crippen molar-refractivity contribution >= 4 is 21.6 Å². The van der Waals surface area contributed by atoms with Gasteiger partial charge in [0, 0.05) is 11.8 Å². The molecule has 2 aromatic carbocycles. The Morgan fingerprint density at radius 1 is 1.22 bits per heavy atom. The number of nitrogens with one attached hydrogen (secondary N) is 2. The number of methoxy groups -OCH3 is 1. The maximum absolute atomic E-state index is 12.7. The summed E-state index contributed by atoms with van der Waals surface area (Å²) in [7, 11) is -2.13. The minimum Gasteiger partial charge on any atom is -0.497 e. The average Bonchev–Trinajstić information content (AvgIpc) is 3.06. The number of aromatic nitrogens is 2. The molecule has 27 heavy (non-hydrogen) atoms. The summed E-state index contributed by atoms with van der Waals surface area (Å²) in [5.74, 6) is 0.175. The maximum atomic E-state index is 12.7. The van der Waals surface area contributed by atoms with E-state index in [2.05, 4.69) is 15.0 Å². The maximum Gasteiger partial charge on any atom is 0.276 e. The van der Waals surface area contributed by atoms with Gasteiger partial charge in [-0.25, -0.2) is 18.1 Å². The summed E-state index contributed by atoms with van der Waals surface area (Å²) in [6, 6.07) is 13.5. The van der Waals surface area contributed by atoms with E-state index in [0.29, 0.717) is 22.8 Å². The van der Waals surface area contributed by atoms with E-state index in [-0.39, 0.29) is 17.1 Å². The van der Waals surface area contributed by atoms with Crippen molar-refractivity contribution in [1.29, 1.82) is 0 Å². The lowest BCUT2D eigenvalue weighted by Gasteiger charge is -2.08. The highest BCUT2D eigenvalue weighted by Gasteiger charge is 2.28. The van der Waals surface area contributed by atoms with Gasteiger partial charge >= 0.3 is 0 Å². The molecule has 0 atom stereocenters. The number of nitrogens with zero attached hydrogens (tertiary/aromatic N) is 2. The summed E-state index contributed by atoms with van der Waals surface area (Å²) in [6.45, 7) is -0.0438. The molecule has 0 fully saturated rings. The van der Waals surface area contributed by atoms with Crippen LogP contribution < -0.4 is 14.8 Å². The SMILES string of the molecule is COc1cccc(NC(=O)c2ncn3c2CNS(=O)(=O)c2ccccc2-3)c1. The molecule has 0 bridgehead atoms. The molecule has 0 unspecified atom stereocenters. The third-order valence-electron chi connectivity index (χ3n) is 4.25. The van der Waals surface area contributed by atoms with Crippen LogP contribution in [0.1, 0.15) is 16.2 Å². The summed E-state index contributed by atoms with van der Waals surface area (Å²) in [6.07, 6.45) is 1.46. The first kappa shape index (κ1) is 17.3. The fraction of sp³-hybridized carbons (Fsp3) is 0.111. The van der Waals surface area contributed by atoms with Gasteiger partial charge in [0.2, 0.25) is 10.0 Å². The second-order valence-corrected chi connectivity index (χ2v) is 7.62. The molecule has 3 aromatic rings. The summed E-state index contributed by atoms with van der Waals surface area (Å²) < 4.78 is 34.2. The van der Waals surface area contributed by atoms with E-state index >= 15 is 0 Å². The van der Waals surface area contributed by atoms with Gasteiger partial charge in [0.05, 0.1) is 25.0 Å². The van der Waals surface area contributed by atoms with Crippen molar-refractivity contribution in [2.45, 2.75) is 11.4 Å². The highest BCUT2D eigenvalue weighted by Crippen LogP contribution is 2.26. The van der Waals surface area contributed by atoms with E-state index in [1.54, 1.807) is 54.1 Å². The van der Waals surface area contributed by atoms with Crippen LogP contribution in [0.2, 0.25) is 0 Å². The van der Waals surface area contributed by atoms with Gasteiger partial charge in [-0.1, -0.05) is 18.2 Å². The van der Waals surface area contributed by atoms with Crippen LogP contribution in [-0.4, -0.2) is 31.0 Å². The number of imidazole rings is 1. The molecule has 138 valence electrons. The van der Waals surface area contributed by atoms with Gasteiger partial charge in [-0.05, 0) is 24.3 Å². The molecular weight excluding hydrogens is 368 g/mol. The van der Waals surface area contributed by atoms with E-state index < -0.39 is 15.9 Å². The second kappa shape index (κ2) is 6.53. The first-order valence-corrected chi connectivity index (χ1v) is 9.58. The van der Waals surface area contributed by atoms with Gasteiger partial charge < -0.3 is 10.1 Å². The van der Waals surface area contributed by atoms with Gasteiger partial charge in [0.1, 0.15) is 17.0 Å². The topological polar surface area (TPSA) is 102 Å². The zero-order valence-corrected chi connectivity index (χ0v) is 15.2. The molecule has 1 aliphatic heterocycles. The quantitative estimate of drug-likeness (QED) is 0.718. The molecule has 8 nitrogen and oxygen atoms in total. The standard InChI is InChI=1S/C18H16N4O4S/c1-26-13-6-4-5-12(9-13)21-18(23)17-15-10-20-27(24,25)16-8-3-2-7-14(16)22(15)11-19-17/h2-9,11,20H,10H2,1H3,(H,21,23). The van der Waals surface area contributed by atoms with Crippen molar-refractivity contribution in [3.63, 3.8) is 0 Å². The van der Waals surface area contributed by atoms with Crippen LogP contribution >= 0.6 is 0 Å². The number of fused-ring (bicyclic) bond motifs is 3. The van der Waals surface area contributed by atoms with Crippen LogP contribution in [0, 0.1) is 0 Å². The predicted octanol–water partition coefficient (Wildman–Crippen LogP) is 1.93. The van der Waals surface area contributed by atoms with Gasteiger partial charge in [-0.3, -0.25) is 9.36 Å². The lowest BCUT2D eigenvalue weighted by molar-refractivity contribution is 0.102. The van der Waals surface area contributed by atoms with Crippen LogP contribution in [0.15, 0.2) is 59.8 Å². The Balaban J connectivity index is 1.73. The molecule has 0 saturated heterocycles. The third kappa shape index (κ3) is 3.07. The summed E-state index contributed by atoms with van der Waals surface area (Å²) in [4.78, 5) is 17.1. The molecule has 1 amide bonds. The zero-order valence-electron chi connectivity index (χ0n) is 14.3. The van der Waals surface area contributed by atoms with Crippen LogP contribution in [-0.2, 0) is 16.6 Å². The number of hydrogen-bond acceptors (Lipinski definition) is 5. The van der Waals surface area contributed by atoms with Crippen molar-refractivity contribution in [2.75, 3.05) is 12.4 Å². The minimum atomic E-state index is -3.67. The molecule has 2 N–H and O–H groups in total. The largest absolute Gasteiger partial charge is 0.497 e. The third-order valence-corrected chi connectivity index (χ3v) is 5.70. The molecule has 0 spiro atoms. The fourth-order valence-electron chi connectivity index (χ4n) is 2.96. The average molecular weight is 384 g/mol.